The minimum Gasteiger partial charge on any atom is -0.490 e. The number of ether oxygens (including phenoxy) is 2. The molecule has 6 nitrogen and oxygen atoms in total. The summed E-state index contributed by atoms with van der Waals surface area (Å²) in [6, 6.07) is 15.2. The Kier molecular flexibility index (Phi) is 4.99. The first-order valence-electron chi connectivity index (χ1n) is 7.90. The van der Waals surface area contributed by atoms with Crippen LogP contribution >= 0.6 is 0 Å². The molecule has 0 fully saturated rings. The maximum Gasteiger partial charge on any atom is 0.341 e. The molecule has 0 radical (unpaired) electrons. The number of nitrogens with one attached hydrogen (secondary N) is 1. The number of aliphatic carboxylic acids is 1. The van der Waals surface area contributed by atoms with Gasteiger partial charge in [0, 0.05) is 11.1 Å². The van der Waals surface area contributed by atoms with E-state index in [1.165, 1.54) is 0 Å². The summed E-state index contributed by atoms with van der Waals surface area (Å²) >= 11 is 0. The van der Waals surface area contributed by atoms with E-state index in [-0.39, 0.29) is 0 Å². The summed E-state index contributed by atoms with van der Waals surface area (Å²) < 4.78 is 11.1. The van der Waals surface area contributed by atoms with Crippen LogP contribution < -0.4 is 9.47 Å². The van der Waals surface area contributed by atoms with E-state index in [0.717, 1.165) is 17.0 Å². The Morgan fingerprint density at radius 3 is 2.64 bits per heavy atom. The molecular formula is C19H18N2O4. The van der Waals surface area contributed by atoms with Crippen LogP contribution in [0.2, 0.25) is 0 Å². The molecule has 0 spiro atoms. The van der Waals surface area contributed by atoms with E-state index in [1.807, 2.05) is 49.4 Å². The molecule has 0 bridgehead atoms. The Bertz CT molecular complexity index is 859. The number of carboxylic acids is 1. The normalized spacial score (nSPS) is 10.4. The topological polar surface area (TPSA) is 84.4 Å². The molecule has 2 aromatic carbocycles. The first-order valence-corrected chi connectivity index (χ1v) is 7.90. The largest absolute Gasteiger partial charge is 0.490 e. The molecule has 2 N–H and O–H groups in total. The third-order valence-electron chi connectivity index (χ3n) is 3.57. The van der Waals surface area contributed by atoms with E-state index in [4.69, 9.17) is 14.6 Å². The van der Waals surface area contributed by atoms with Crippen LogP contribution in [0, 0.1) is 0 Å². The number of benzene rings is 2. The van der Waals surface area contributed by atoms with Crippen LogP contribution in [-0.4, -0.2) is 34.3 Å². The van der Waals surface area contributed by atoms with Crippen molar-refractivity contribution in [2.45, 2.75) is 6.92 Å². The highest BCUT2D eigenvalue weighted by Crippen LogP contribution is 2.40. The molecule has 6 heteroatoms. The Morgan fingerprint density at radius 2 is 1.92 bits per heavy atom. The summed E-state index contributed by atoms with van der Waals surface area (Å²) in [5.74, 6) is -0.173. The lowest BCUT2D eigenvalue weighted by atomic mass is 10.0. The number of imidazole rings is 1. The highest BCUT2D eigenvalue weighted by atomic mass is 16.5. The van der Waals surface area contributed by atoms with Crippen molar-refractivity contribution >= 4 is 5.97 Å². The smallest absolute Gasteiger partial charge is 0.341 e. The highest BCUT2D eigenvalue weighted by molar-refractivity contribution is 5.83. The summed E-state index contributed by atoms with van der Waals surface area (Å²) in [4.78, 5) is 18.5. The van der Waals surface area contributed by atoms with Crippen molar-refractivity contribution in [1.82, 2.24) is 9.97 Å². The van der Waals surface area contributed by atoms with Gasteiger partial charge in [0.25, 0.3) is 0 Å². The second-order valence-corrected chi connectivity index (χ2v) is 5.24. The van der Waals surface area contributed by atoms with Gasteiger partial charge < -0.3 is 19.6 Å². The summed E-state index contributed by atoms with van der Waals surface area (Å²) in [5, 5.41) is 8.96. The van der Waals surface area contributed by atoms with Gasteiger partial charge in [0.15, 0.2) is 18.1 Å². The molecule has 0 amide bonds. The van der Waals surface area contributed by atoms with E-state index in [1.54, 1.807) is 12.4 Å². The molecule has 0 saturated heterocycles. The Labute approximate surface area is 145 Å². The summed E-state index contributed by atoms with van der Waals surface area (Å²) in [6.45, 7) is 1.85. The number of nitrogens with zero attached hydrogens (tertiary/aromatic N) is 1. The van der Waals surface area contributed by atoms with Crippen molar-refractivity contribution in [3.05, 3.63) is 54.9 Å². The molecule has 1 heterocycles. The monoisotopic (exact) mass is 338 g/mol. The molecule has 0 atom stereocenters. The van der Waals surface area contributed by atoms with Crippen LogP contribution in [-0.2, 0) is 4.79 Å². The van der Waals surface area contributed by atoms with Crippen LogP contribution in [0.4, 0.5) is 0 Å². The maximum atomic E-state index is 10.9. The van der Waals surface area contributed by atoms with Gasteiger partial charge in [-0.3, -0.25) is 0 Å². The fourth-order valence-corrected chi connectivity index (χ4v) is 2.58. The lowest BCUT2D eigenvalue weighted by Gasteiger charge is -2.15. The van der Waals surface area contributed by atoms with Gasteiger partial charge >= 0.3 is 5.97 Å². The van der Waals surface area contributed by atoms with Crippen LogP contribution in [0.5, 0.6) is 11.5 Å². The molecule has 0 aliphatic rings. The van der Waals surface area contributed by atoms with Crippen LogP contribution in [0.25, 0.3) is 22.5 Å². The average molecular weight is 338 g/mol. The molecule has 0 aliphatic heterocycles. The molecule has 0 aliphatic carbocycles. The summed E-state index contributed by atoms with van der Waals surface area (Å²) in [7, 11) is 0. The third kappa shape index (κ3) is 3.63. The Hall–Kier alpha value is -3.28. The van der Waals surface area contributed by atoms with Crippen LogP contribution in [0.1, 0.15) is 6.92 Å². The number of aromatic nitrogens is 2. The van der Waals surface area contributed by atoms with Gasteiger partial charge in [-0.15, -0.1) is 0 Å². The van der Waals surface area contributed by atoms with Crippen LogP contribution in [0.15, 0.2) is 54.9 Å². The molecule has 0 unspecified atom stereocenters. The Balaban J connectivity index is 2.10. The van der Waals surface area contributed by atoms with Gasteiger partial charge in [0.05, 0.1) is 24.3 Å². The van der Waals surface area contributed by atoms with E-state index in [9.17, 15) is 4.79 Å². The molecule has 3 rings (SSSR count). The van der Waals surface area contributed by atoms with Gasteiger partial charge in [0.1, 0.15) is 0 Å². The second-order valence-electron chi connectivity index (χ2n) is 5.24. The molecule has 128 valence electrons. The number of aromatic amines is 1. The first-order chi connectivity index (χ1) is 12.2. The minimum absolute atomic E-state index is 0.383. The zero-order valence-corrected chi connectivity index (χ0v) is 13.7. The zero-order chi connectivity index (χ0) is 17.6. The van der Waals surface area contributed by atoms with Crippen LogP contribution in [0.3, 0.4) is 0 Å². The molecule has 1 aromatic heterocycles. The third-order valence-corrected chi connectivity index (χ3v) is 3.57. The van der Waals surface area contributed by atoms with Gasteiger partial charge in [-0.25, -0.2) is 9.78 Å². The number of hydrogen-bond donors (Lipinski definition) is 2. The molecule has 25 heavy (non-hydrogen) atoms. The van der Waals surface area contributed by atoms with Crippen molar-refractivity contribution in [1.29, 1.82) is 0 Å². The van der Waals surface area contributed by atoms with Crippen molar-refractivity contribution in [3.8, 4) is 34.0 Å². The average Bonchev–Trinajstić information content (AvgIpc) is 3.11. The van der Waals surface area contributed by atoms with Crippen molar-refractivity contribution < 1.29 is 19.4 Å². The number of para-hydroxylation sites is 1. The highest BCUT2D eigenvalue weighted by Gasteiger charge is 2.19. The predicted molar refractivity (Wildman–Crippen MR) is 93.8 cm³/mol. The van der Waals surface area contributed by atoms with E-state index < -0.39 is 12.6 Å². The number of rotatable bonds is 7. The lowest BCUT2D eigenvalue weighted by molar-refractivity contribution is -0.139. The van der Waals surface area contributed by atoms with Gasteiger partial charge in [-0.05, 0) is 19.1 Å². The van der Waals surface area contributed by atoms with Gasteiger partial charge in [-0.2, -0.15) is 0 Å². The summed E-state index contributed by atoms with van der Waals surface area (Å²) in [6.07, 6.45) is 1.60. The zero-order valence-electron chi connectivity index (χ0n) is 13.7. The lowest BCUT2D eigenvalue weighted by Crippen LogP contribution is -2.11. The Morgan fingerprint density at radius 1 is 1.12 bits per heavy atom. The van der Waals surface area contributed by atoms with Gasteiger partial charge in [-0.1, -0.05) is 36.4 Å². The quantitative estimate of drug-likeness (QED) is 0.687. The number of carbonyl (C=O) groups is 1. The number of H-pyrrole nitrogens is 1. The first kappa shape index (κ1) is 16.6. The second kappa shape index (κ2) is 7.53. The van der Waals surface area contributed by atoms with E-state index in [0.29, 0.717) is 23.7 Å². The SMILES string of the molecule is CCOc1cccc(-c2[nH]cnc2-c2ccccc2)c1OCC(=O)O. The maximum absolute atomic E-state index is 10.9. The standard InChI is InChI=1S/C19H18N2O4/c1-2-24-15-10-6-9-14(19(15)25-11-16(22)23)18-17(20-12-21-18)13-7-4-3-5-8-13/h3-10,12H,2,11H2,1H3,(H,20,21)(H,22,23). The number of hydrogen-bond acceptors (Lipinski definition) is 4. The summed E-state index contributed by atoms with van der Waals surface area (Å²) in [5.41, 5.74) is 3.15. The predicted octanol–water partition coefficient (Wildman–Crippen LogP) is 3.61. The van der Waals surface area contributed by atoms with Crippen molar-refractivity contribution in [2.24, 2.45) is 0 Å². The van der Waals surface area contributed by atoms with E-state index >= 15 is 0 Å². The molecular weight excluding hydrogens is 320 g/mol. The van der Waals surface area contributed by atoms with Crippen molar-refractivity contribution in [3.63, 3.8) is 0 Å². The molecule has 3 aromatic rings. The number of carboxylic acid groups (broad SMARTS) is 1. The van der Waals surface area contributed by atoms with Crippen molar-refractivity contribution in [2.75, 3.05) is 13.2 Å². The fraction of sp³-hybridized carbons (Fsp3) is 0.158. The van der Waals surface area contributed by atoms with E-state index in [2.05, 4.69) is 9.97 Å². The molecule has 0 saturated carbocycles. The van der Waals surface area contributed by atoms with Gasteiger partial charge in [0.2, 0.25) is 0 Å². The fourth-order valence-electron chi connectivity index (χ4n) is 2.58. The minimum atomic E-state index is -1.05.